The van der Waals surface area contributed by atoms with Gasteiger partial charge >= 0.3 is 0 Å². The molecule has 0 unspecified atom stereocenters. The number of fused-ring (bicyclic) bond motifs is 1. The minimum Gasteiger partial charge on any atom is -0.454 e. The second kappa shape index (κ2) is 7.50. The quantitative estimate of drug-likeness (QED) is 0.532. The highest BCUT2D eigenvalue weighted by Gasteiger charge is 2.19. The maximum atomic E-state index is 5.97. The van der Waals surface area contributed by atoms with Gasteiger partial charge in [-0.1, -0.05) is 26.3 Å². The van der Waals surface area contributed by atoms with Gasteiger partial charge in [-0.3, -0.25) is 0 Å². The van der Waals surface area contributed by atoms with Crippen LogP contribution in [-0.4, -0.2) is 19.7 Å². The van der Waals surface area contributed by atoms with E-state index in [4.69, 9.17) is 18.9 Å². The molecule has 0 spiro atoms. The van der Waals surface area contributed by atoms with Crippen molar-refractivity contribution in [1.82, 2.24) is 0 Å². The second-order valence-electron chi connectivity index (χ2n) is 4.94. The molecule has 1 aliphatic rings. The molecule has 1 aromatic carbocycles. The van der Waals surface area contributed by atoms with E-state index >= 15 is 0 Å². The summed E-state index contributed by atoms with van der Waals surface area (Å²) in [5.74, 6) is 1.60. The van der Waals surface area contributed by atoms with Crippen LogP contribution in [0.25, 0.3) is 0 Å². The maximum Gasteiger partial charge on any atom is 0.231 e. The number of ether oxygens (including phenoxy) is 4. The summed E-state index contributed by atoms with van der Waals surface area (Å²) in [6.45, 7) is 7.25. The molecular weight excluding hydrogens is 256 g/mol. The molecule has 1 heterocycles. The first-order valence-corrected chi connectivity index (χ1v) is 7.41. The van der Waals surface area contributed by atoms with Crippen LogP contribution in [0.15, 0.2) is 18.2 Å². The first-order chi connectivity index (χ1) is 9.74. The molecule has 0 saturated heterocycles. The Bertz CT molecular complexity index is 419. The van der Waals surface area contributed by atoms with Crippen molar-refractivity contribution in [2.45, 2.75) is 52.4 Å². The van der Waals surface area contributed by atoms with Gasteiger partial charge in [-0.05, 0) is 37.5 Å². The number of rotatable bonds is 8. The van der Waals surface area contributed by atoms with Gasteiger partial charge in [-0.25, -0.2) is 0 Å². The van der Waals surface area contributed by atoms with Gasteiger partial charge in [0.2, 0.25) is 6.79 Å². The zero-order valence-corrected chi connectivity index (χ0v) is 12.6. The normalized spacial score (nSPS) is 16.1. The first kappa shape index (κ1) is 15.1. The van der Waals surface area contributed by atoms with Crippen LogP contribution in [0, 0.1) is 0 Å². The molecule has 0 saturated carbocycles. The van der Waals surface area contributed by atoms with E-state index in [0.29, 0.717) is 6.79 Å². The van der Waals surface area contributed by atoms with Crippen molar-refractivity contribution in [3.8, 4) is 11.5 Å². The lowest BCUT2D eigenvalue weighted by atomic mass is 10.1. The van der Waals surface area contributed by atoms with Crippen LogP contribution in [0.3, 0.4) is 0 Å². The van der Waals surface area contributed by atoms with Crippen molar-refractivity contribution in [2.24, 2.45) is 0 Å². The average Bonchev–Trinajstić information content (AvgIpc) is 2.92. The summed E-state index contributed by atoms with van der Waals surface area (Å²) in [5, 5.41) is 0. The number of benzene rings is 1. The minimum atomic E-state index is -0.197. The van der Waals surface area contributed by atoms with Gasteiger partial charge in [-0.2, -0.15) is 0 Å². The van der Waals surface area contributed by atoms with Gasteiger partial charge in [0.1, 0.15) is 0 Å². The molecule has 1 aliphatic heterocycles. The molecule has 0 N–H and O–H groups in total. The molecule has 0 aliphatic carbocycles. The third-order valence-electron chi connectivity index (χ3n) is 3.35. The Morgan fingerprint density at radius 2 is 2.00 bits per heavy atom. The second-order valence-corrected chi connectivity index (χ2v) is 4.94. The van der Waals surface area contributed by atoms with E-state index in [1.54, 1.807) is 0 Å². The topological polar surface area (TPSA) is 36.9 Å². The molecule has 2 atom stereocenters. The summed E-state index contributed by atoms with van der Waals surface area (Å²) in [6, 6.07) is 5.96. The lowest BCUT2D eigenvalue weighted by Crippen LogP contribution is -2.17. The molecular formula is C16H24O4. The minimum absolute atomic E-state index is 0.0149. The number of hydrogen-bond acceptors (Lipinski definition) is 4. The molecule has 0 aromatic heterocycles. The Hall–Kier alpha value is -1.26. The van der Waals surface area contributed by atoms with Crippen molar-refractivity contribution in [3.05, 3.63) is 23.8 Å². The summed E-state index contributed by atoms with van der Waals surface area (Å²) in [6.07, 6.45) is 2.90. The summed E-state index contributed by atoms with van der Waals surface area (Å²) >= 11 is 0. The molecule has 2 rings (SSSR count). The molecule has 20 heavy (non-hydrogen) atoms. The van der Waals surface area contributed by atoms with E-state index in [2.05, 4.69) is 13.8 Å². The number of unbranched alkanes of at least 4 members (excludes halogenated alkanes) is 1. The molecule has 4 heteroatoms. The van der Waals surface area contributed by atoms with Crippen LogP contribution in [0.1, 0.15) is 51.7 Å². The highest BCUT2D eigenvalue weighted by atomic mass is 16.7. The van der Waals surface area contributed by atoms with E-state index in [1.165, 1.54) is 0 Å². The fraction of sp³-hybridized carbons (Fsp3) is 0.625. The molecule has 0 radical (unpaired) electrons. The predicted octanol–water partition coefficient (Wildman–Crippen LogP) is 4.05. The lowest BCUT2D eigenvalue weighted by molar-refractivity contribution is -0.163. The molecule has 0 fully saturated rings. The molecule has 4 nitrogen and oxygen atoms in total. The van der Waals surface area contributed by atoms with E-state index in [1.807, 2.05) is 25.1 Å². The highest BCUT2D eigenvalue weighted by molar-refractivity contribution is 5.45. The van der Waals surface area contributed by atoms with Gasteiger partial charge < -0.3 is 18.9 Å². The third-order valence-corrected chi connectivity index (χ3v) is 3.35. The van der Waals surface area contributed by atoms with Crippen molar-refractivity contribution < 1.29 is 18.9 Å². The van der Waals surface area contributed by atoms with Crippen LogP contribution in [0.4, 0.5) is 0 Å². The van der Waals surface area contributed by atoms with Crippen molar-refractivity contribution in [2.75, 3.05) is 13.4 Å². The van der Waals surface area contributed by atoms with Crippen molar-refractivity contribution in [1.29, 1.82) is 0 Å². The monoisotopic (exact) mass is 280 g/mol. The maximum absolute atomic E-state index is 5.97. The van der Waals surface area contributed by atoms with E-state index in [0.717, 1.165) is 42.9 Å². The molecule has 0 amide bonds. The van der Waals surface area contributed by atoms with E-state index in [-0.39, 0.29) is 12.4 Å². The van der Waals surface area contributed by atoms with Gasteiger partial charge in [0, 0.05) is 6.61 Å². The van der Waals surface area contributed by atoms with Crippen molar-refractivity contribution in [3.63, 3.8) is 0 Å². The summed E-state index contributed by atoms with van der Waals surface area (Å²) in [5.41, 5.74) is 1.10. The largest absolute Gasteiger partial charge is 0.454 e. The SMILES string of the molecule is CCCCO[C@@H](C)O[C@@H](CC)c1ccc2c(c1)OCO2. The summed E-state index contributed by atoms with van der Waals surface area (Å²) < 4.78 is 22.4. The van der Waals surface area contributed by atoms with Crippen LogP contribution in [0.2, 0.25) is 0 Å². The van der Waals surface area contributed by atoms with Crippen LogP contribution >= 0.6 is 0 Å². The van der Waals surface area contributed by atoms with Crippen LogP contribution in [-0.2, 0) is 9.47 Å². The molecule has 0 bridgehead atoms. The standard InChI is InChI=1S/C16H24O4/c1-4-6-9-17-12(3)20-14(5-2)13-7-8-15-16(10-13)19-11-18-15/h7-8,10,12,14H,4-6,9,11H2,1-3H3/t12-,14+/m1/s1. The van der Waals surface area contributed by atoms with Crippen molar-refractivity contribution >= 4 is 0 Å². The fourth-order valence-electron chi connectivity index (χ4n) is 2.19. The first-order valence-electron chi connectivity index (χ1n) is 7.41. The highest BCUT2D eigenvalue weighted by Crippen LogP contribution is 2.36. The predicted molar refractivity (Wildman–Crippen MR) is 77.0 cm³/mol. The van der Waals surface area contributed by atoms with Gasteiger partial charge in [0.25, 0.3) is 0 Å². The lowest BCUT2D eigenvalue weighted by Gasteiger charge is -2.22. The van der Waals surface area contributed by atoms with E-state index in [9.17, 15) is 0 Å². The Balaban J connectivity index is 1.94. The summed E-state index contributed by atoms with van der Waals surface area (Å²) in [4.78, 5) is 0. The Morgan fingerprint density at radius 1 is 1.20 bits per heavy atom. The number of hydrogen-bond donors (Lipinski definition) is 0. The third kappa shape index (κ3) is 3.87. The fourth-order valence-corrected chi connectivity index (χ4v) is 2.19. The Morgan fingerprint density at radius 3 is 2.75 bits per heavy atom. The van der Waals surface area contributed by atoms with Gasteiger partial charge in [0.05, 0.1) is 6.10 Å². The molecule has 112 valence electrons. The van der Waals surface area contributed by atoms with Gasteiger partial charge in [0.15, 0.2) is 17.8 Å². The van der Waals surface area contributed by atoms with E-state index < -0.39 is 0 Å². The van der Waals surface area contributed by atoms with Gasteiger partial charge in [-0.15, -0.1) is 0 Å². The zero-order chi connectivity index (χ0) is 14.4. The van der Waals surface area contributed by atoms with Crippen LogP contribution in [0.5, 0.6) is 11.5 Å². The average molecular weight is 280 g/mol. The van der Waals surface area contributed by atoms with Crippen LogP contribution < -0.4 is 9.47 Å². The Labute approximate surface area is 121 Å². The molecule has 1 aromatic rings. The zero-order valence-electron chi connectivity index (χ0n) is 12.6. The summed E-state index contributed by atoms with van der Waals surface area (Å²) in [7, 11) is 0. The smallest absolute Gasteiger partial charge is 0.231 e. The Kier molecular flexibility index (Phi) is 5.68.